The number of amides is 1. The predicted molar refractivity (Wildman–Crippen MR) is 70.7 cm³/mol. The number of hydrogen-bond acceptors (Lipinski definition) is 2. The molecule has 0 spiro atoms. The molecule has 0 fully saturated rings. The van der Waals surface area contributed by atoms with Gasteiger partial charge in [0.2, 0.25) is 5.91 Å². The van der Waals surface area contributed by atoms with E-state index in [1.165, 1.54) is 5.56 Å². The molecule has 0 saturated carbocycles. The lowest BCUT2D eigenvalue weighted by molar-refractivity contribution is -0.123. The summed E-state index contributed by atoms with van der Waals surface area (Å²) in [7, 11) is 0. The SMILES string of the molecule is CCc1ccc(C(C(N)=O)N(CC)CC)cc1. The highest BCUT2D eigenvalue weighted by molar-refractivity contribution is 5.81. The lowest BCUT2D eigenvalue weighted by atomic mass is 10.0. The van der Waals surface area contributed by atoms with Crippen LogP contribution in [0, 0.1) is 0 Å². The predicted octanol–water partition coefficient (Wildman–Crippen LogP) is 2.12. The van der Waals surface area contributed by atoms with E-state index in [0.29, 0.717) is 0 Å². The van der Waals surface area contributed by atoms with Crippen LogP contribution in [0.25, 0.3) is 0 Å². The standard InChI is InChI=1S/C14H22N2O/c1-4-11-7-9-12(10-8-11)13(14(15)17)16(5-2)6-3/h7-10,13H,4-6H2,1-3H3,(H2,15,17). The van der Waals surface area contributed by atoms with E-state index in [-0.39, 0.29) is 11.9 Å². The molecule has 0 saturated heterocycles. The zero-order valence-corrected chi connectivity index (χ0v) is 10.9. The summed E-state index contributed by atoms with van der Waals surface area (Å²) in [5, 5.41) is 0. The van der Waals surface area contributed by atoms with E-state index in [1.807, 2.05) is 26.0 Å². The van der Waals surface area contributed by atoms with Gasteiger partial charge in [-0.1, -0.05) is 45.0 Å². The topological polar surface area (TPSA) is 46.3 Å². The van der Waals surface area contributed by atoms with Crippen LogP contribution in [0.4, 0.5) is 0 Å². The Labute approximate surface area is 104 Å². The maximum Gasteiger partial charge on any atom is 0.239 e. The van der Waals surface area contributed by atoms with Gasteiger partial charge in [-0.15, -0.1) is 0 Å². The second-order valence-electron chi connectivity index (χ2n) is 4.12. The summed E-state index contributed by atoms with van der Waals surface area (Å²) in [6, 6.07) is 7.83. The Hall–Kier alpha value is -1.35. The highest BCUT2D eigenvalue weighted by Crippen LogP contribution is 2.20. The summed E-state index contributed by atoms with van der Waals surface area (Å²) in [4.78, 5) is 13.7. The zero-order valence-electron chi connectivity index (χ0n) is 10.9. The van der Waals surface area contributed by atoms with Crippen molar-refractivity contribution in [3.8, 4) is 0 Å². The Morgan fingerprint density at radius 1 is 1.18 bits per heavy atom. The molecule has 0 aliphatic rings. The first-order valence-corrected chi connectivity index (χ1v) is 6.26. The molecule has 1 rings (SSSR count). The number of nitrogens with two attached hydrogens (primary N) is 1. The molecule has 1 aromatic rings. The van der Waals surface area contributed by atoms with Crippen molar-refractivity contribution in [3.63, 3.8) is 0 Å². The van der Waals surface area contributed by atoms with Crippen LogP contribution in [0.2, 0.25) is 0 Å². The van der Waals surface area contributed by atoms with Crippen LogP contribution < -0.4 is 5.73 Å². The number of benzene rings is 1. The molecule has 0 aliphatic carbocycles. The molecule has 0 aliphatic heterocycles. The lowest BCUT2D eigenvalue weighted by Gasteiger charge is -2.27. The van der Waals surface area contributed by atoms with Gasteiger partial charge in [-0.05, 0) is 30.6 Å². The first-order chi connectivity index (χ1) is 8.13. The second kappa shape index (κ2) is 6.40. The first-order valence-electron chi connectivity index (χ1n) is 6.26. The van der Waals surface area contributed by atoms with Crippen LogP contribution in [0.15, 0.2) is 24.3 Å². The van der Waals surface area contributed by atoms with Crippen LogP contribution in [-0.2, 0) is 11.2 Å². The van der Waals surface area contributed by atoms with Crippen molar-refractivity contribution in [2.75, 3.05) is 13.1 Å². The largest absolute Gasteiger partial charge is 0.368 e. The van der Waals surface area contributed by atoms with Crippen LogP contribution >= 0.6 is 0 Å². The minimum absolute atomic E-state index is 0.280. The highest BCUT2D eigenvalue weighted by atomic mass is 16.1. The van der Waals surface area contributed by atoms with Crippen molar-refractivity contribution in [2.45, 2.75) is 33.2 Å². The second-order valence-corrected chi connectivity index (χ2v) is 4.12. The Balaban J connectivity index is 3.00. The van der Waals surface area contributed by atoms with E-state index in [2.05, 4.69) is 24.0 Å². The summed E-state index contributed by atoms with van der Waals surface area (Å²) in [6.45, 7) is 7.84. The molecule has 2 N–H and O–H groups in total. The quantitative estimate of drug-likeness (QED) is 0.819. The fourth-order valence-electron chi connectivity index (χ4n) is 2.08. The summed E-state index contributed by atoms with van der Waals surface area (Å²) >= 11 is 0. The van der Waals surface area contributed by atoms with E-state index < -0.39 is 0 Å². The van der Waals surface area contributed by atoms with Gasteiger partial charge >= 0.3 is 0 Å². The average molecular weight is 234 g/mol. The van der Waals surface area contributed by atoms with Gasteiger partial charge in [0.15, 0.2) is 0 Å². The number of likely N-dealkylation sites (N-methyl/N-ethyl adjacent to an activating group) is 1. The number of nitrogens with zero attached hydrogens (tertiary/aromatic N) is 1. The maximum absolute atomic E-state index is 11.6. The Bertz CT molecular complexity index is 355. The van der Waals surface area contributed by atoms with Crippen molar-refractivity contribution < 1.29 is 4.79 Å². The fourth-order valence-corrected chi connectivity index (χ4v) is 2.08. The van der Waals surface area contributed by atoms with Crippen molar-refractivity contribution in [3.05, 3.63) is 35.4 Å². The molecular formula is C14H22N2O. The molecule has 0 heterocycles. The number of rotatable bonds is 6. The zero-order chi connectivity index (χ0) is 12.8. The fraction of sp³-hybridized carbons (Fsp3) is 0.500. The summed E-state index contributed by atoms with van der Waals surface area (Å²) in [6.07, 6.45) is 1.01. The van der Waals surface area contributed by atoms with Crippen molar-refractivity contribution in [1.82, 2.24) is 4.90 Å². The van der Waals surface area contributed by atoms with Crippen LogP contribution in [0.5, 0.6) is 0 Å². The molecule has 0 aromatic heterocycles. The molecule has 3 heteroatoms. The third kappa shape index (κ3) is 3.30. The molecule has 3 nitrogen and oxygen atoms in total. The Morgan fingerprint density at radius 3 is 2.06 bits per heavy atom. The smallest absolute Gasteiger partial charge is 0.239 e. The van der Waals surface area contributed by atoms with Crippen LogP contribution in [0.1, 0.15) is 37.9 Å². The third-order valence-corrected chi connectivity index (χ3v) is 3.15. The van der Waals surface area contributed by atoms with E-state index >= 15 is 0 Å². The van der Waals surface area contributed by atoms with Gasteiger partial charge < -0.3 is 5.73 Å². The monoisotopic (exact) mass is 234 g/mol. The number of carbonyl (C=O) groups is 1. The summed E-state index contributed by atoms with van der Waals surface area (Å²) in [5.41, 5.74) is 7.77. The van der Waals surface area contributed by atoms with Gasteiger partial charge in [0.05, 0.1) is 0 Å². The van der Waals surface area contributed by atoms with E-state index in [4.69, 9.17) is 5.73 Å². The van der Waals surface area contributed by atoms with Gasteiger partial charge in [-0.25, -0.2) is 0 Å². The minimum Gasteiger partial charge on any atom is -0.368 e. The van der Waals surface area contributed by atoms with E-state index in [9.17, 15) is 4.79 Å². The van der Waals surface area contributed by atoms with Crippen LogP contribution in [0.3, 0.4) is 0 Å². The number of primary amides is 1. The van der Waals surface area contributed by atoms with Gasteiger partial charge in [0.25, 0.3) is 0 Å². The van der Waals surface area contributed by atoms with E-state index in [1.54, 1.807) is 0 Å². The Kier molecular flexibility index (Phi) is 5.16. The molecule has 0 radical (unpaired) electrons. The third-order valence-electron chi connectivity index (χ3n) is 3.15. The molecule has 1 atom stereocenters. The normalized spacial score (nSPS) is 12.7. The molecule has 94 valence electrons. The molecule has 1 aromatic carbocycles. The average Bonchev–Trinajstić information content (AvgIpc) is 2.35. The minimum atomic E-state index is -0.309. The number of carbonyl (C=O) groups excluding carboxylic acids is 1. The van der Waals surface area contributed by atoms with Gasteiger partial charge in [0, 0.05) is 0 Å². The van der Waals surface area contributed by atoms with Crippen molar-refractivity contribution >= 4 is 5.91 Å². The van der Waals surface area contributed by atoms with Crippen LogP contribution in [-0.4, -0.2) is 23.9 Å². The molecular weight excluding hydrogens is 212 g/mol. The van der Waals surface area contributed by atoms with Gasteiger partial charge in [-0.2, -0.15) is 0 Å². The van der Waals surface area contributed by atoms with Crippen molar-refractivity contribution in [2.24, 2.45) is 5.73 Å². The summed E-state index contributed by atoms with van der Waals surface area (Å²) in [5.74, 6) is -0.280. The molecule has 17 heavy (non-hydrogen) atoms. The Morgan fingerprint density at radius 2 is 1.71 bits per heavy atom. The molecule has 0 bridgehead atoms. The maximum atomic E-state index is 11.6. The summed E-state index contributed by atoms with van der Waals surface area (Å²) < 4.78 is 0. The number of aryl methyl sites for hydroxylation is 1. The molecule has 1 amide bonds. The van der Waals surface area contributed by atoms with E-state index in [0.717, 1.165) is 25.1 Å². The molecule has 1 unspecified atom stereocenters. The lowest BCUT2D eigenvalue weighted by Crippen LogP contribution is -2.37. The van der Waals surface area contributed by atoms with Gasteiger partial charge in [0.1, 0.15) is 6.04 Å². The highest BCUT2D eigenvalue weighted by Gasteiger charge is 2.23. The first kappa shape index (κ1) is 13.7. The van der Waals surface area contributed by atoms with Crippen molar-refractivity contribution in [1.29, 1.82) is 0 Å². The van der Waals surface area contributed by atoms with Gasteiger partial charge in [-0.3, -0.25) is 9.69 Å². The number of hydrogen-bond donors (Lipinski definition) is 1.